The van der Waals surface area contributed by atoms with Crippen LogP contribution in [-0.2, 0) is 12.9 Å². The maximum atomic E-state index is 15.7. The minimum Gasteiger partial charge on any atom is -0.365 e. The summed E-state index contributed by atoms with van der Waals surface area (Å²) in [4.78, 5) is 35.4. The molecule has 3 aromatic rings. The monoisotopic (exact) mass is 468 g/mol. The van der Waals surface area contributed by atoms with E-state index in [4.69, 9.17) is 6.85 Å². The highest BCUT2D eigenvalue weighted by Crippen LogP contribution is 2.34. The molecule has 7 nitrogen and oxygen atoms in total. The standard InChI is InChI=1S/C25H23F2N5O2/c1-28-25(34)19-6-7-20(24(27)30-19)32-11-9-31(10-12-32)14-15-4-5-16-18(22(15)26)13-21(33)17-3-2-8-29-23(16)17/h2-8H,9-14H2,1H3,(H,28,34)/i1D3,14D2. The number of nitrogens with zero attached hydrogens (tertiary/aromatic N) is 4. The Hall–Kier alpha value is -3.72. The molecule has 174 valence electrons. The molecule has 0 unspecified atom stereocenters. The fraction of sp³-hybridized carbons (Fsp3) is 0.280. The number of hydrogen-bond donors (Lipinski definition) is 1. The molecule has 1 amide bonds. The minimum absolute atomic E-state index is 0.0743. The van der Waals surface area contributed by atoms with Crippen molar-refractivity contribution >= 4 is 17.4 Å². The number of ketones is 1. The Bertz CT molecular complexity index is 1480. The first-order valence-electron chi connectivity index (χ1n) is 13.2. The second kappa shape index (κ2) is 8.90. The van der Waals surface area contributed by atoms with Gasteiger partial charge in [0.2, 0.25) is 5.95 Å². The molecule has 1 aliphatic heterocycles. The molecule has 1 saturated heterocycles. The lowest BCUT2D eigenvalue weighted by Crippen LogP contribution is -2.46. The Morgan fingerprint density at radius 3 is 2.74 bits per heavy atom. The molecule has 5 rings (SSSR count). The zero-order valence-corrected chi connectivity index (χ0v) is 17.9. The van der Waals surface area contributed by atoms with Gasteiger partial charge in [0.1, 0.15) is 11.5 Å². The van der Waals surface area contributed by atoms with Crippen LogP contribution in [0.3, 0.4) is 0 Å². The van der Waals surface area contributed by atoms with Gasteiger partial charge in [0.25, 0.3) is 5.91 Å². The normalized spacial score (nSPS) is 18.6. The topological polar surface area (TPSA) is 78.4 Å². The molecule has 2 aromatic heterocycles. The van der Waals surface area contributed by atoms with E-state index in [2.05, 4.69) is 9.97 Å². The Labute approximate surface area is 202 Å². The first kappa shape index (κ1) is 16.8. The van der Waals surface area contributed by atoms with E-state index in [9.17, 15) is 14.0 Å². The highest BCUT2D eigenvalue weighted by atomic mass is 19.1. The molecule has 9 heteroatoms. The molecular formula is C25H23F2N5O2. The second-order valence-electron chi connectivity index (χ2n) is 8.00. The number of benzene rings is 1. The summed E-state index contributed by atoms with van der Waals surface area (Å²) in [6.45, 7) is -4.35. The van der Waals surface area contributed by atoms with Gasteiger partial charge in [-0.05, 0) is 24.3 Å². The predicted molar refractivity (Wildman–Crippen MR) is 123 cm³/mol. The summed E-state index contributed by atoms with van der Waals surface area (Å²) in [6.07, 6.45) is 1.33. The van der Waals surface area contributed by atoms with E-state index in [1.807, 2.05) is 0 Å². The van der Waals surface area contributed by atoms with Crippen LogP contribution in [0.1, 0.15) is 38.8 Å². The van der Waals surface area contributed by atoms with Crippen molar-refractivity contribution < 1.29 is 25.2 Å². The van der Waals surface area contributed by atoms with Gasteiger partial charge in [0.05, 0.1) is 11.4 Å². The number of Topliss-reactive ketones (excluding diaryl/α,β-unsaturated/α-hetero) is 1. The third-order valence-electron chi connectivity index (χ3n) is 6.02. The van der Waals surface area contributed by atoms with Crippen LogP contribution in [0.4, 0.5) is 14.5 Å². The van der Waals surface area contributed by atoms with E-state index >= 15 is 4.39 Å². The van der Waals surface area contributed by atoms with Crippen molar-refractivity contribution in [3.05, 3.63) is 76.7 Å². The Morgan fingerprint density at radius 2 is 1.97 bits per heavy atom. The number of carbonyl (C=O) groups excluding carboxylic acids is 2. The molecule has 1 aromatic carbocycles. The van der Waals surface area contributed by atoms with Crippen LogP contribution in [0, 0.1) is 11.8 Å². The number of fused-ring (bicyclic) bond motifs is 3. The van der Waals surface area contributed by atoms with Gasteiger partial charge in [0.15, 0.2) is 5.78 Å². The molecule has 2 aliphatic rings. The number of amides is 1. The van der Waals surface area contributed by atoms with Crippen molar-refractivity contribution in [1.82, 2.24) is 20.2 Å². The number of pyridine rings is 2. The van der Waals surface area contributed by atoms with Gasteiger partial charge in [-0.2, -0.15) is 4.39 Å². The summed E-state index contributed by atoms with van der Waals surface area (Å²) in [5.41, 5.74) is 0.851. The summed E-state index contributed by atoms with van der Waals surface area (Å²) in [5.74, 6) is -3.07. The maximum absolute atomic E-state index is 15.7. The average Bonchev–Trinajstić information content (AvgIpc) is 2.88. The largest absolute Gasteiger partial charge is 0.365 e. The molecule has 1 N–H and O–H groups in total. The van der Waals surface area contributed by atoms with Crippen LogP contribution >= 0.6 is 0 Å². The predicted octanol–water partition coefficient (Wildman–Crippen LogP) is 2.84. The van der Waals surface area contributed by atoms with E-state index in [1.54, 1.807) is 28.4 Å². The Kier molecular flexibility index (Phi) is 4.41. The quantitative estimate of drug-likeness (QED) is 0.594. The fourth-order valence-corrected chi connectivity index (χ4v) is 4.29. The SMILES string of the molecule is [2H]C([2H])([2H])NC(=O)c1ccc(N2CCN(C([2H])([2H])c3ccc4c(c3F)CC(=O)c3cccnc3-4)CC2)c(F)n1. The summed E-state index contributed by atoms with van der Waals surface area (Å²) in [5, 5.41) is 1.75. The maximum Gasteiger partial charge on any atom is 0.269 e. The first-order chi connectivity index (χ1) is 18.4. The number of hydrogen-bond acceptors (Lipinski definition) is 6. The molecule has 0 bridgehead atoms. The van der Waals surface area contributed by atoms with Crippen LogP contribution in [-0.4, -0.2) is 59.7 Å². The molecular weight excluding hydrogens is 440 g/mol. The van der Waals surface area contributed by atoms with Crippen LogP contribution in [0.25, 0.3) is 11.3 Å². The lowest BCUT2D eigenvalue weighted by atomic mass is 9.86. The van der Waals surface area contributed by atoms with Crippen molar-refractivity contribution in [1.29, 1.82) is 0 Å². The van der Waals surface area contributed by atoms with Crippen LogP contribution in [0.2, 0.25) is 0 Å². The van der Waals surface area contributed by atoms with Gasteiger partial charge >= 0.3 is 0 Å². The smallest absolute Gasteiger partial charge is 0.269 e. The van der Waals surface area contributed by atoms with Crippen molar-refractivity contribution in [3.8, 4) is 11.3 Å². The van der Waals surface area contributed by atoms with Crippen molar-refractivity contribution in [2.45, 2.75) is 12.9 Å². The summed E-state index contributed by atoms with van der Waals surface area (Å²) in [7, 11) is 0. The van der Waals surface area contributed by atoms with Crippen molar-refractivity contribution in [2.24, 2.45) is 0 Å². The van der Waals surface area contributed by atoms with E-state index in [1.165, 1.54) is 29.3 Å². The van der Waals surface area contributed by atoms with Crippen LogP contribution < -0.4 is 10.2 Å². The Morgan fingerprint density at radius 1 is 1.15 bits per heavy atom. The zero-order valence-electron chi connectivity index (χ0n) is 22.9. The van der Waals surface area contributed by atoms with Gasteiger partial charge in [-0.1, -0.05) is 12.1 Å². The van der Waals surface area contributed by atoms with Gasteiger partial charge in [-0.3, -0.25) is 19.5 Å². The molecule has 1 aliphatic carbocycles. The molecule has 0 spiro atoms. The molecule has 0 saturated carbocycles. The number of carbonyl (C=O) groups is 2. The van der Waals surface area contributed by atoms with Crippen molar-refractivity contribution in [3.63, 3.8) is 0 Å². The van der Waals surface area contributed by atoms with Gasteiger partial charge in [0, 0.05) is 81.4 Å². The number of piperazine rings is 1. The van der Waals surface area contributed by atoms with Crippen molar-refractivity contribution in [2.75, 3.05) is 38.1 Å². The van der Waals surface area contributed by atoms with E-state index in [0.717, 1.165) is 0 Å². The first-order valence-corrected chi connectivity index (χ1v) is 10.7. The molecule has 0 radical (unpaired) electrons. The van der Waals surface area contributed by atoms with E-state index in [0.29, 0.717) is 16.8 Å². The van der Waals surface area contributed by atoms with Gasteiger partial charge < -0.3 is 10.2 Å². The third kappa shape index (κ3) is 3.92. The minimum atomic E-state index is -2.74. The lowest BCUT2D eigenvalue weighted by Gasteiger charge is -2.36. The molecule has 1 fully saturated rings. The van der Waals surface area contributed by atoms with Crippen LogP contribution in [0.5, 0.6) is 0 Å². The fourth-order valence-electron chi connectivity index (χ4n) is 4.29. The average molecular weight is 469 g/mol. The van der Waals surface area contributed by atoms with E-state index < -0.39 is 31.1 Å². The lowest BCUT2D eigenvalue weighted by molar-refractivity contribution is 0.0955. The van der Waals surface area contributed by atoms with Gasteiger partial charge in [-0.15, -0.1) is 0 Å². The summed E-state index contributed by atoms with van der Waals surface area (Å²) >= 11 is 0. The molecule has 0 atom stereocenters. The highest BCUT2D eigenvalue weighted by molar-refractivity contribution is 6.06. The number of rotatable bonds is 4. The Balaban J connectivity index is 1.33. The summed E-state index contributed by atoms with van der Waals surface area (Å²) < 4.78 is 69.2. The van der Waals surface area contributed by atoms with Crippen LogP contribution in [0.15, 0.2) is 42.6 Å². The van der Waals surface area contributed by atoms with Gasteiger partial charge in [-0.25, -0.2) is 9.37 Å². The summed E-state index contributed by atoms with van der Waals surface area (Å²) in [6, 6.07) is 8.76. The molecule has 34 heavy (non-hydrogen) atoms. The number of nitrogens with one attached hydrogen (secondary N) is 1. The second-order valence-corrected chi connectivity index (χ2v) is 8.00. The molecule has 3 heterocycles. The number of anilines is 1. The third-order valence-corrected chi connectivity index (χ3v) is 6.02. The zero-order chi connectivity index (χ0) is 28.1. The number of aromatic nitrogens is 2. The highest BCUT2D eigenvalue weighted by Gasteiger charge is 2.28. The van der Waals surface area contributed by atoms with E-state index in [-0.39, 0.29) is 60.9 Å². The number of halogens is 2.